The molecule has 7 heteroatoms. The van der Waals surface area contributed by atoms with Crippen molar-refractivity contribution in [2.75, 3.05) is 23.7 Å². The molecule has 194 valence electrons. The van der Waals surface area contributed by atoms with Crippen LogP contribution in [0.15, 0.2) is 84.9 Å². The molecule has 0 bridgehead atoms. The van der Waals surface area contributed by atoms with Gasteiger partial charge in [0.25, 0.3) is 0 Å². The van der Waals surface area contributed by atoms with Crippen molar-refractivity contribution < 1.29 is 19.8 Å². The molecule has 6 nitrogen and oxygen atoms in total. The molecule has 0 radical (unpaired) electrons. The van der Waals surface area contributed by atoms with E-state index >= 15 is 0 Å². The van der Waals surface area contributed by atoms with E-state index in [9.17, 15) is 14.7 Å². The van der Waals surface area contributed by atoms with E-state index in [1.165, 1.54) is 18.3 Å². The highest BCUT2D eigenvalue weighted by atomic mass is 35.5. The SMILES string of the molecule is CCNc1ccccc1.CCNc1ccccc1.CC[C@@](C(=O)O)(c1ccc(Cl)cc1)C(C)C(=O)O. The number of nitrogens with one attached hydrogen (secondary N) is 2. The minimum absolute atomic E-state index is 0.192. The first kappa shape index (κ1) is 30.5. The van der Waals surface area contributed by atoms with Gasteiger partial charge >= 0.3 is 11.9 Å². The molecule has 0 aliphatic carbocycles. The van der Waals surface area contributed by atoms with Crippen molar-refractivity contribution in [2.45, 2.75) is 39.5 Å². The summed E-state index contributed by atoms with van der Waals surface area (Å²) in [7, 11) is 0. The smallest absolute Gasteiger partial charge is 0.314 e. The van der Waals surface area contributed by atoms with Crippen LogP contribution in [0.1, 0.15) is 39.7 Å². The molecular weight excluding hydrogens is 476 g/mol. The lowest BCUT2D eigenvalue weighted by Gasteiger charge is -2.32. The van der Waals surface area contributed by atoms with Crippen molar-refractivity contribution in [3.05, 3.63) is 95.5 Å². The molecule has 0 aliphatic heterocycles. The maximum Gasteiger partial charge on any atom is 0.314 e. The fraction of sp³-hybridized carbons (Fsp3) is 0.310. The Morgan fingerprint density at radius 3 is 1.50 bits per heavy atom. The molecular formula is C29H37ClN2O4. The number of halogens is 1. The third kappa shape index (κ3) is 9.27. The highest BCUT2D eigenvalue weighted by Crippen LogP contribution is 2.37. The number of carboxylic acid groups (broad SMARTS) is 2. The fourth-order valence-electron chi connectivity index (χ4n) is 3.70. The Labute approximate surface area is 219 Å². The molecule has 0 fully saturated rings. The van der Waals surface area contributed by atoms with Crippen LogP contribution in [-0.4, -0.2) is 35.2 Å². The average Bonchev–Trinajstić information content (AvgIpc) is 2.88. The Morgan fingerprint density at radius 2 is 1.19 bits per heavy atom. The van der Waals surface area contributed by atoms with Crippen molar-refractivity contribution in [2.24, 2.45) is 5.92 Å². The Kier molecular flexibility index (Phi) is 13.7. The average molecular weight is 513 g/mol. The van der Waals surface area contributed by atoms with Crippen molar-refractivity contribution in [3.8, 4) is 0 Å². The van der Waals surface area contributed by atoms with Crippen molar-refractivity contribution in [3.63, 3.8) is 0 Å². The van der Waals surface area contributed by atoms with Gasteiger partial charge in [-0.1, -0.05) is 74.0 Å². The number of benzene rings is 3. The van der Waals surface area contributed by atoms with Crippen LogP contribution in [0.5, 0.6) is 0 Å². The lowest BCUT2D eigenvalue weighted by Crippen LogP contribution is -2.44. The standard InChI is InChI=1S/C13H15ClO4.2C8H11N/c1-3-13(12(17)18,8(2)11(15)16)9-4-6-10(14)7-5-9;2*1-2-9-8-6-4-3-5-7-8/h4-8H,3H2,1-2H3,(H,15,16)(H,17,18);2*3-7,9H,2H2,1H3/t8?,13-;;/m0../s1. The van der Waals surface area contributed by atoms with Crippen LogP contribution in [0.25, 0.3) is 0 Å². The second-order valence-electron chi connectivity index (χ2n) is 7.99. The van der Waals surface area contributed by atoms with Crippen LogP contribution in [0.2, 0.25) is 5.02 Å². The third-order valence-electron chi connectivity index (χ3n) is 5.72. The monoisotopic (exact) mass is 512 g/mol. The number of hydrogen-bond acceptors (Lipinski definition) is 4. The van der Waals surface area contributed by atoms with Crippen molar-refractivity contribution in [1.82, 2.24) is 0 Å². The summed E-state index contributed by atoms with van der Waals surface area (Å²) in [4.78, 5) is 22.7. The van der Waals surface area contributed by atoms with E-state index in [1.807, 2.05) is 36.4 Å². The molecule has 3 rings (SSSR count). The molecule has 4 N–H and O–H groups in total. The number of anilines is 2. The van der Waals surface area contributed by atoms with Gasteiger partial charge in [0.15, 0.2) is 0 Å². The molecule has 2 atom stereocenters. The highest BCUT2D eigenvalue weighted by Gasteiger charge is 2.47. The molecule has 1 unspecified atom stereocenters. The largest absolute Gasteiger partial charge is 0.481 e. The van der Waals surface area contributed by atoms with Gasteiger partial charge in [0.1, 0.15) is 5.41 Å². The molecule has 3 aromatic carbocycles. The highest BCUT2D eigenvalue weighted by molar-refractivity contribution is 6.30. The van der Waals surface area contributed by atoms with Gasteiger partial charge < -0.3 is 20.8 Å². The zero-order valence-corrected chi connectivity index (χ0v) is 22.1. The lowest BCUT2D eigenvalue weighted by molar-refractivity contribution is -0.155. The van der Waals surface area contributed by atoms with Gasteiger partial charge in [0, 0.05) is 29.5 Å². The molecule has 0 saturated heterocycles. The van der Waals surface area contributed by atoms with Crippen LogP contribution >= 0.6 is 11.6 Å². The summed E-state index contributed by atoms with van der Waals surface area (Å²) in [6.07, 6.45) is 0.192. The minimum Gasteiger partial charge on any atom is -0.481 e. The summed E-state index contributed by atoms with van der Waals surface area (Å²) in [5.41, 5.74) is 1.41. The van der Waals surface area contributed by atoms with Gasteiger partial charge in [-0.05, 0) is 62.2 Å². The lowest BCUT2D eigenvalue weighted by atomic mass is 9.69. The predicted molar refractivity (Wildman–Crippen MR) is 149 cm³/mol. The van der Waals surface area contributed by atoms with Gasteiger partial charge in [-0.15, -0.1) is 0 Å². The van der Waals surface area contributed by atoms with Gasteiger partial charge in [-0.2, -0.15) is 0 Å². The summed E-state index contributed by atoms with van der Waals surface area (Å²) >= 11 is 5.76. The van der Waals surface area contributed by atoms with Crippen molar-refractivity contribution >= 4 is 34.9 Å². The number of aliphatic carboxylic acids is 2. The number of rotatable bonds is 9. The van der Waals surface area contributed by atoms with Crippen LogP contribution < -0.4 is 10.6 Å². The first-order valence-electron chi connectivity index (χ1n) is 12.0. The van der Waals surface area contributed by atoms with E-state index in [0.717, 1.165) is 13.1 Å². The second-order valence-corrected chi connectivity index (χ2v) is 8.43. The molecule has 0 saturated carbocycles. The molecule has 0 aliphatic rings. The molecule has 3 aromatic rings. The van der Waals surface area contributed by atoms with Crippen LogP contribution in [0, 0.1) is 5.92 Å². The Bertz CT molecular complexity index is 989. The maximum atomic E-state index is 11.6. The minimum atomic E-state index is -1.43. The topological polar surface area (TPSA) is 98.7 Å². The first-order chi connectivity index (χ1) is 17.2. The Hall–Kier alpha value is -3.51. The summed E-state index contributed by atoms with van der Waals surface area (Å²) in [6.45, 7) is 9.24. The zero-order chi connectivity index (χ0) is 27.0. The Morgan fingerprint density at radius 1 is 0.778 bits per heavy atom. The summed E-state index contributed by atoms with van der Waals surface area (Å²) < 4.78 is 0. The van der Waals surface area contributed by atoms with Gasteiger partial charge in [-0.25, -0.2) is 0 Å². The van der Waals surface area contributed by atoms with E-state index in [-0.39, 0.29) is 6.42 Å². The third-order valence-corrected chi connectivity index (χ3v) is 5.97. The van der Waals surface area contributed by atoms with Crippen LogP contribution in [0.3, 0.4) is 0 Å². The van der Waals surface area contributed by atoms with E-state index in [2.05, 4.69) is 48.7 Å². The molecule has 36 heavy (non-hydrogen) atoms. The first-order valence-corrected chi connectivity index (χ1v) is 12.4. The molecule has 0 amide bonds. The predicted octanol–water partition coefficient (Wildman–Crippen LogP) is 7.03. The van der Waals surface area contributed by atoms with E-state index in [1.54, 1.807) is 31.2 Å². The molecule has 0 spiro atoms. The van der Waals surface area contributed by atoms with Gasteiger partial charge in [0.2, 0.25) is 0 Å². The van der Waals surface area contributed by atoms with E-state index in [0.29, 0.717) is 10.6 Å². The molecule has 0 aromatic heterocycles. The fourth-order valence-corrected chi connectivity index (χ4v) is 3.82. The van der Waals surface area contributed by atoms with E-state index in [4.69, 9.17) is 16.7 Å². The maximum absolute atomic E-state index is 11.6. The zero-order valence-electron chi connectivity index (χ0n) is 21.4. The summed E-state index contributed by atoms with van der Waals surface area (Å²) in [6, 6.07) is 26.6. The van der Waals surface area contributed by atoms with Crippen LogP contribution in [-0.2, 0) is 15.0 Å². The van der Waals surface area contributed by atoms with Gasteiger partial charge in [0.05, 0.1) is 5.92 Å². The number of hydrogen-bond donors (Lipinski definition) is 4. The summed E-state index contributed by atoms with van der Waals surface area (Å²) in [5.74, 6) is -3.29. The van der Waals surface area contributed by atoms with E-state index < -0.39 is 23.3 Å². The quantitative estimate of drug-likeness (QED) is 0.245. The number of carboxylic acids is 2. The normalized spacial score (nSPS) is 12.4. The van der Waals surface area contributed by atoms with Gasteiger partial charge in [-0.3, -0.25) is 9.59 Å². The summed E-state index contributed by atoms with van der Waals surface area (Å²) in [5, 5.41) is 25.5. The number of carbonyl (C=O) groups is 2. The Balaban J connectivity index is 0.000000300. The van der Waals surface area contributed by atoms with Crippen LogP contribution in [0.4, 0.5) is 11.4 Å². The number of para-hydroxylation sites is 2. The second kappa shape index (κ2) is 16.2. The molecule has 0 heterocycles. The van der Waals surface area contributed by atoms with Crippen molar-refractivity contribution in [1.29, 1.82) is 0 Å².